The molecule has 2 aromatic rings. The molecule has 0 bridgehead atoms. The van der Waals surface area contributed by atoms with Crippen molar-refractivity contribution in [1.82, 2.24) is 0 Å². The number of nitro benzene ring substituents is 1. The van der Waals surface area contributed by atoms with Crippen LogP contribution in [0, 0.1) is 15.5 Å². The normalized spacial score (nSPS) is 21.5. The number of nitro groups is 1. The Morgan fingerprint density at radius 1 is 0.974 bits per heavy atom. The highest BCUT2D eigenvalue weighted by Gasteiger charge is 2.67. The van der Waals surface area contributed by atoms with Crippen molar-refractivity contribution < 1.29 is 38.3 Å². The van der Waals surface area contributed by atoms with E-state index in [1.165, 1.54) is 33.5 Å². The molecule has 38 heavy (non-hydrogen) atoms. The van der Waals surface area contributed by atoms with Crippen molar-refractivity contribution in [2.45, 2.75) is 31.3 Å². The molecule has 1 heterocycles. The third-order valence-corrected chi connectivity index (χ3v) is 7.23. The van der Waals surface area contributed by atoms with E-state index in [0.717, 1.165) is 0 Å². The van der Waals surface area contributed by atoms with Gasteiger partial charge in [-0.25, -0.2) is 0 Å². The summed E-state index contributed by atoms with van der Waals surface area (Å²) in [7, 11) is 3.62. The highest BCUT2D eigenvalue weighted by atomic mass is 16.6. The zero-order valence-corrected chi connectivity index (χ0v) is 21.4. The highest BCUT2D eigenvalue weighted by Crippen LogP contribution is 2.61. The van der Waals surface area contributed by atoms with E-state index < -0.39 is 39.8 Å². The third kappa shape index (κ3) is 4.21. The molecule has 1 aliphatic carbocycles. The number of carbonyl (C=O) groups excluding carboxylic acids is 3. The Labute approximate surface area is 219 Å². The fourth-order valence-corrected chi connectivity index (χ4v) is 5.63. The van der Waals surface area contributed by atoms with E-state index in [4.69, 9.17) is 18.9 Å². The number of rotatable bonds is 7. The number of ether oxygens (including phenoxy) is 4. The van der Waals surface area contributed by atoms with E-state index in [0.29, 0.717) is 28.0 Å². The summed E-state index contributed by atoms with van der Waals surface area (Å²) in [6.45, 7) is 1.74. The van der Waals surface area contributed by atoms with Gasteiger partial charge in [-0.1, -0.05) is 35.9 Å². The predicted molar refractivity (Wildman–Crippen MR) is 134 cm³/mol. The molecule has 0 saturated heterocycles. The van der Waals surface area contributed by atoms with Crippen molar-refractivity contribution >= 4 is 29.4 Å². The van der Waals surface area contributed by atoms with Crippen LogP contribution in [-0.2, 0) is 33.3 Å². The van der Waals surface area contributed by atoms with Gasteiger partial charge in [0.25, 0.3) is 5.69 Å². The smallest absolute Gasteiger partial charge is 0.324 e. The molecule has 2 atom stereocenters. The Balaban J connectivity index is 1.98. The monoisotopic (exact) mass is 521 g/mol. The Morgan fingerprint density at radius 2 is 1.58 bits per heavy atom. The first-order valence-corrected chi connectivity index (χ1v) is 11.8. The number of carbonyl (C=O) groups is 3. The van der Waals surface area contributed by atoms with Crippen LogP contribution in [0.5, 0.6) is 0 Å². The molecule has 0 saturated carbocycles. The number of hydrogen-bond donors (Lipinski definition) is 0. The zero-order valence-electron chi connectivity index (χ0n) is 21.4. The van der Waals surface area contributed by atoms with Crippen molar-refractivity contribution in [1.29, 1.82) is 0 Å². The van der Waals surface area contributed by atoms with Crippen LogP contribution in [0.25, 0.3) is 5.76 Å². The van der Waals surface area contributed by atoms with E-state index in [9.17, 15) is 24.5 Å². The first-order chi connectivity index (χ1) is 18.1. The number of esters is 3. The van der Waals surface area contributed by atoms with Crippen LogP contribution in [0.4, 0.5) is 5.69 Å². The number of methoxy groups -OCH3 is 3. The molecule has 0 amide bonds. The third-order valence-electron chi connectivity index (χ3n) is 7.23. The lowest BCUT2D eigenvalue weighted by molar-refractivity contribution is -0.384. The van der Waals surface area contributed by atoms with E-state index in [1.54, 1.807) is 49.4 Å². The van der Waals surface area contributed by atoms with Gasteiger partial charge in [0.15, 0.2) is 5.41 Å². The number of hydrogen-bond acceptors (Lipinski definition) is 9. The second-order valence-electron chi connectivity index (χ2n) is 9.27. The predicted octanol–water partition coefficient (Wildman–Crippen LogP) is 4.10. The topological polar surface area (TPSA) is 131 Å². The highest BCUT2D eigenvalue weighted by molar-refractivity contribution is 6.03. The number of fused-ring (bicyclic) bond motifs is 1. The van der Waals surface area contributed by atoms with Gasteiger partial charge in [-0.15, -0.1) is 0 Å². The lowest BCUT2D eigenvalue weighted by Crippen LogP contribution is -2.57. The molecule has 10 nitrogen and oxygen atoms in total. The van der Waals surface area contributed by atoms with Gasteiger partial charge in [-0.2, -0.15) is 0 Å². The second kappa shape index (κ2) is 10.1. The maximum Gasteiger partial charge on any atom is 0.324 e. The van der Waals surface area contributed by atoms with Gasteiger partial charge in [-0.3, -0.25) is 24.5 Å². The maximum atomic E-state index is 13.6. The van der Waals surface area contributed by atoms with E-state index in [2.05, 4.69) is 0 Å². The lowest BCUT2D eigenvalue weighted by Gasteiger charge is -2.49. The first kappa shape index (κ1) is 26.6. The molecular formula is C28H27NO9. The minimum atomic E-state index is -1.88. The summed E-state index contributed by atoms with van der Waals surface area (Å²) < 4.78 is 21.8. The van der Waals surface area contributed by atoms with Crippen LogP contribution in [0.15, 0.2) is 71.8 Å². The fraction of sp³-hybridized carbons (Fsp3) is 0.321. The average molecular weight is 522 g/mol. The Kier molecular flexibility index (Phi) is 7.08. The van der Waals surface area contributed by atoms with E-state index >= 15 is 0 Å². The summed E-state index contributed by atoms with van der Waals surface area (Å²) in [5, 5.41) is 11.1. The molecule has 4 rings (SSSR count). The Hall–Kier alpha value is -4.47. The molecule has 2 aromatic carbocycles. The molecule has 0 aromatic heterocycles. The van der Waals surface area contributed by atoms with Crippen LogP contribution in [0.3, 0.4) is 0 Å². The molecule has 0 N–H and O–H groups in total. The number of benzene rings is 2. The molecule has 198 valence electrons. The van der Waals surface area contributed by atoms with Gasteiger partial charge in [0, 0.05) is 17.7 Å². The summed E-state index contributed by atoms with van der Waals surface area (Å²) in [5.41, 5.74) is -1.07. The summed E-state index contributed by atoms with van der Waals surface area (Å²) >= 11 is 0. The molecule has 2 aliphatic rings. The second-order valence-corrected chi connectivity index (χ2v) is 9.27. The lowest BCUT2D eigenvalue weighted by atomic mass is 9.55. The van der Waals surface area contributed by atoms with Gasteiger partial charge in [0.1, 0.15) is 11.4 Å². The molecule has 0 unspecified atom stereocenters. The number of nitrogens with zero attached hydrogens (tertiary/aromatic N) is 1. The Bertz CT molecular complexity index is 1330. The first-order valence-electron chi connectivity index (χ1n) is 11.8. The minimum absolute atomic E-state index is 0.0841. The van der Waals surface area contributed by atoms with Crippen LogP contribution in [-0.4, -0.2) is 49.8 Å². The van der Waals surface area contributed by atoms with Crippen molar-refractivity contribution in [3.63, 3.8) is 0 Å². The van der Waals surface area contributed by atoms with Crippen molar-refractivity contribution in [3.8, 4) is 0 Å². The van der Waals surface area contributed by atoms with Crippen LogP contribution < -0.4 is 0 Å². The van der Waals surface area contributed by atoms with Crippen molar-refractivity contribution in [2.24, 2.45) is 5.41 Å². The average Bonchev–Trinajstić information content (AvgIpc) is 3.30. The largest absolute Gasteiger partial charge is 0.482 e. The van der Waals surface area contributed by atoms with E-state index in [-0.39, 0.29) is 18.5 Å². The summed E-state index contributed by atoms with van der Waals surface area (Å²) in [5.74, 6) is -2.76. The maximum absolute atomic E-state index is 13.6. The van der Waals surface area contributed by atoms with Crippen LogP contribution >= 0.6 is 0 Å². The van der Waals surface area contributed by atoms with Gasteiger partial charge < -0.3 is 18.9 Å². The SMILES string of the molecule is COC(=O)CC1=C2C=C(c3ccc([N+](=O)[O-])cc3)O[C@]2(C)[C@H](c2ccccc2)C(C(=O)OC)(C(=O)OC)C1. The van der Waals surface area contributed by atoms with Gasteiger partial charge >= 0.3 is 17.9 Å². The molecule has 1 aliphatic heterocycles. The standard InChI is InChI=1S/C28H27NO9/c1-27-21(15-22(38-27)17-10-12-20(13-11-17)29(33)34)19(14-23(30)35-2)16-28(25(31)36-3,26(32)37-4)24(27)18-8-6-5-7-9-18/h5-13,15,24H,14,16H2,1-4H3/t24-,27-/m0/s1. The summed E-state index contributed by atoms with van der Waals surface area (Å²) in [6.07, 6.45) is 1.37. The molecule has 0 spiro atoms. The van der Waals surface area contributed by atoms with Crippen LogP contribution in [0.2, 0.25) is 0 Å². The van der Waals surface area contributed by atoms with E-state index in [1.807, 2.05) is 6.07 Å². The van der Waals surface area contributed by atoms with Crippen LogP contribution in [0.1, 0.15) is 36.8 Å². The van der Waals surface area contributed by atoms with Gasteiger partial charge in [0.05, 0.1) is 38.6 Å². The zero-order chi connectivity index (χ0) is 27.7. The van der Waals surface area contributed by atoms with Gasteiger partial charge in [-0.05, 0) is 42.7 Å². The summed E-state index contributed by atoms with van der Waals surface area (Å²) in [4.78, 5) is 50.2. The molecule has 0 radical (unpaired) electrons. The number of non-ortho nitro benzene ring substituents is 1. The van der Waals surface area contributed by atoms with Gasteiger partial charge in [0.2, 0.25) is 0 Å². The van der Waals surface area contributed by atoms with Crippen molar-refractivity contribution in [3.05, 3.63) is 93.1 Å². The fourth-order valence-electron chi connectivity index (χ4n) is 5.63. The molecular weight excluding hydrogens is 494 g/mol. The molecule has 10 heteroatoms. The minimum Gasteiger partial charge on any atom is -0.482 e. The van der Waals surface area contributed by atoms with Crippen molar-refractivity contribution in [2.75, 3.05) is 21.3 Å². The summed E-state index contributed by atoms with van der Waals surface area (Å²) in [6, 6.07) is 14.8. The quantitative estimate of drug-likeness (QED) is 0.174. The molecule has 0 fully saturated rings. The Morgan fingerprint density at radius 3 is 2.11 bits per heavy atom.